The van der Waals surface area contributed by atoms with Crippen molar-refractivity contribution < 1.29 is 19.1 Å². The summed E-state index contributed by atoms with van der Waals surface area (Å²) < 4.78 is 5.69. The van der Waals surface area contributed by atoms with Gasteiger partial charge in [0, 0.05) is 36.0 Å². The molecule has 2 heterocycles. The molecule has 0 saturated heterocycles. The second-order valence-corrected chi connectivity index (χ2v) is 10.9. The Hall–Kier alpha value is -4.43. The van der Waals surface area contributed by atoms with Crippen molar-refractivity contribution in [2.45, 2.75) is 63.8 Å². The number of nitrogens with zero attached hydrogens (tertiary/aromatic N) is 1. The highest BCUT2D eigenvalue weighted by Gasteiger charge is 2.37. The van der Waals surface area contributed by atoms with Gasteiger partial charge >= 0.3 is 5.97 Å². The molecular formula is C34H38N4O4. The molecule has 0 aliphatic carbocycles. The van der Waals surface area contributed by atoms with Gasteiger partial charge < -0.3 is 25.7 Å². The number of carbonyl (C=O) groups is 3. The van der Waals surface area contributed by atoms with E-state index in [1.807, 2.05) is 84.9 Å². The van der Waals surface area contributed by atoms with Crippen LogP contribution in [0.5, 0.6) is 0 Å². The molecule has 8 heteroatoms. The van der Waals surface area contributed by atoms with E-state index >= 15 is 0 Å². The van der Waals surface area contributed by atoms with Crippen LogP contribution in [0.4, 0.5) is 0 Å². The first kappa shape index (κ1) is 29.1. The highest BCUT2D eigenvalue weighted by atomic mass is 16.5. The number of amides is 2. The first-order chi connectivity index (χ1) is 20.5. The van der Waals surface area contributed by atoms with E-state index in [9.17, 15) is 14.4 Å². The molecule has 4 N–H and O–H groups in total. The number of esters is 1. The zero-order chi connectivity index (χ0) is 29.3. The fraction of sp³-hybridized carbons (Fsp3) is 0.324. The Morgan fingerprint density at radius 1 is 0.905 bits per heavy atom. The van der Waals surface area contributed by atoms with Gasteiger partial charge in [0.1, 0.15) is 12.6 Å². The Kier molecular flexibility index (Phi) is 9.66. The number of para-hydroxylation sites is 1. The average molecular weight is 567 g/mol. The number of nitrogens with two attached hydrogens (primary N) is 1. The fourth-order valence-corrected chi connectivity index (χ4v) is 5.53. The molecule has 5 rings (SSSR count). The Morgan fingerprint density at radius 2 is 1.60 bits per heavy atom. The predicted molar refractivity (Wildman–Crippen MR) is 162 cm³/mol. The van der Waals surface area contributed by atoms with Crippen LogP contribution in [-0.2, 0) is 45.1 Å². The van der Waals surface area contributed by atoms with Crippen LogP contribution in [0, 0.1) is 0 Å². The molecule has 0 radical (unpaired) electrons. The number of carbonyl (C=O) groups excluding carboxylic acids is 3. The number of rotatable bonds is 12. The third-order valence-electron chi connectivity index (χ3n) is 7.82. The molecule has 0 spiro atoms. The summed E-state index contributed by atoms with van der Waals surface area (Å²) in [6.07, 6.45) is 3.39. The van der Waals surface area contributed by atoms with Crippen molar-refractivity contribution in [2.24, 2.45) is 5.73 Å². The highest BCUT2D eigenvalue weighted by molar-refractivity contribution is 5.89. The maximum atomic E-state index is 13.4. The van der Waals surface area contributed by atoms with E-state index in [4.69, 9.17) is 10.5 Å². The van der Waals surface area contributed by atoms with Gasteiger partial charge in [-0.25, -0.2) is 4.79 Å². The third kappa shape index (κ3) is 7.25. The summed E-state index contributed by atoms with van der Waals surface area (Å²) in [6, 6.07) is 26.0. The van der Waals surface area contributed by atoms with Crippen molar-refractivity contribution in [1.29, 1.82) is 0 Å². The van der Waals surface area contributed by atoms with Gasteiger partial charge in [-0.15, -0.1) is 0 Å². The molecule has 1 aliphatic rings. The summed E-state index contributed by atoms with van der Waals surface area (Å²) in [6.45, 7) is 1.01. The molecule has 1 aliphatic heterocycles. The molecule has 0 fully saturated rings. The number of ether oxygens (including phenoxy) is 1. The van der Waals surface area contributed by atoms with Gasteiger partial charge in [0.15, 0.2) is 0 Å². The molecule has 4 aromatic rings. The normalized spacial score (nSPS) is 15.2. The van der Waals surface area contributed by atoms with Crippen LogP contribution in [0.1, 0.15) is 48.1 Å². The first-order valence-corrected chi connectivity index (χ1v) is 14.7. The SMILES string of the molecule is N[C@@H](Cc1ccccc1)C(=O)NCCCCCC(=O)N1Cc2[nH]c3ccccc3c2C[C@H]1C(=O)OCc1ccccc1. The van der Waals surface area contributed by atoms with Crippen LogP contribution in [-0.4, -0.2) is 46.3 Å². The van der Waals surface area contributed by atoms with E-state index in [0.717, 1.165) is 46.1 Å². The lowest BCUT2D eigenvalue weighted by Gasteiger charge is -2.34. The molecule has 0 unspecified atom stereocenters. The number of unbranched alkanes of at least 4 members (excludes halogenated alkanes) is 2. The number of H-pyrrole nitrogens is 1. The molecule has 0 bridgehead atoms. The number of hydrogen-bond donors (Lipinski definition) is 3. The van der Waals surface area contributed by atoms with Gasteiger partial charge in [-0.2, -0.15) is 0 Å². The first-order valence-electron chi connectivity index (χ1n) is 14.7. The van der Waals surface area contributed by atoms with Crippen LogP contribution in [0.25, 0.3) is 10.9 Å². The number of benzene rings is 3. The van der Waals surface area contributed by atoms with Crippen molar-refractivity contribution in [2.75, 3.05) is 6.54 Å². The number of aromatic nitrogens is 1. The van der Waals surface area contributed by atoms with Crippen LogP contribution in [0.15, 0.2) is 84.9 Å². The average Bonchev–Trinajstić information content (AvgIpc) is 3.39. The summed E-state index contributed by atoms with van der Waals surface area (Å²) in [4.78, 5) is 44.2. The van der Waals surface area contributed by atoms with E-state index in [-0.39, 0.29) is 18.4 Å². The zero-order valence-corrected chi connectivity index (χ0v) is 23.8. The van der Waals surface area contributed by atoms with E-state index in [2.05, 4.69) is 10.3 Å². The molecule has 42 heavy (non-hydrogen) atoms. The van der Waals surface area contributed by atoms with Gasteiger partial charge in [-0.3, -0.25) is 9.59 Å². The van der Waals surface area contributed by atoms with Gasteiger partial charge in [-0.05, 0) is 42.0 Å². The Morgan fingerprint density at radius 3 is 2.36 bits per heavy atom. The van der Waals surface area contributed by atoms with Crippen molar-refractivity contribution in [1.82, 2.24) is 15.2 Å². The summed E-state index contributed by atoms with van der Waals surface area (Å²) in [7, 11) is 0. The Labute approximate surface area is 246 Å². The summed E-state index contributed by atoms with van der Waals surface area (Å²) in [5, 5.41) is 3.98. The van der Waals surface area contributed by atoms with Gasteiger partial charge in [0.25, 0.3) is 0 Å². The fourth-order valence-electron chi connectivity index (χ4n) is 5.53. The number of nitrogens with one attached hydrogen (secondary N) is 2. The summed E-state index contributed by atoms with van der Waals surface area (Å²) in [5.74, 6) is -0.637. The molecule has 2 atom stereocenters. The molecule has 1 aromatic heterocycles. The molecule has 8 nitrogen and oxygen atoms in total. The Balaban J connectivity index is 1.13. The van der Waals surface area contributed by atoms with E-state index in [0.29, 0.717) is 38.8 Å². The van der Waals surface area contributed by atoms with E-state index in [1.165, 1.54) is 0 Å². The minimum Gasteiger partial charge on any atom is -0.459 e. The lowest BCUT2D eigenvalue weighted by atomic mass is 9.96. The number of aromatic amines is 1. The lowest BCUT2D eigenvalue weighted by molar-refractivity contribution is -0.157. The second kappa shape index (κ2) is 14.0. The van der Waals surface area contributed by atoms with Crippen molar-refractivity contribution in [3.05, 3.63) is 107 Å². The van der Waals surface area contributed by atoms with Gasteiger partial charge in [0.2, 0.25) is 11.8 Å². The maximum absolute atomic E-state index is 13.4. The largest absolute Gasteiger partial charge is 0.459 e. The van der Waals surface area contributed by atoms with Gasteiger partial charge in [0.05, 0.1) is 12.6 Å². The molecule has 3 aromatic carbocycles. The van der Waals surface area contributed by atoms with Crippen LogP contribution >= 0.6 is 0 Å². The maximum Gasteiger partial charge on any atom is 0.329 e. The molecule has 218 valence electrons. The standard InChI is InChI=1S/C34H38N4O4/c35-28(20-24-12-4-1-5-13-24)33(40)36-19-11-3-8-18-32(39)38-22-30-27(26-16-9-10-17-29(26)37-30)21-31(38)34(41)42-23-25-14-6-2-7-15-25/h1-2,4-7,9-10,12-17,28,31,37H,3,8,11,18-23,35H2,(H,36,40)/t28-,31-/m0/s1. The van der Waals surface area contributed by atoms with Crippen molar-refractivity contribution in [3.8, 4) is 0 Å². The summed E-state index contributed by atoms with van der Waals surface area (Å²) in [5.41, 5.74) is 11.0. The van der Waals surface area contributed by atoms with Crippen LogP contribution in [0.3, 0.4) is 0 Å². The van der Waals surface area contributed by atoms with Gasteiger partial charge in [-0.1, -0.05) is 85.3 Å². The van der Waals surface area contributed by atoms with Crippen molar-refractivity contribution >= 4 is 28.7 Å². The summed E-state index contributed by atoms with van der Waals surface area (Å²) >= 11 is 0. The molecule has 2 amide bonds. The zero-order valence-electron chi connectivity index (χ0n) is 23.8. The van der Waals surface area contributed by atoms with Crippen LogP contribution in [0.2, 0.25) is 0 Å². The minimum atomic E-state index is -0.682. The smallest absolute Gasteiger partial charge is 0.329 e. The monoisotopic (exact) mass is 566 g/mol. The molecular weight excluding hydrogens is 528 g/mol. The number of hydrogen-bond acceptors (Lipinski definition) is 5. The molecule has 0 saturated carbocycles. The second-order valence-electron chi connectivity index (χ2n) is 10.9. The van der Waals surface area contributed by atoms with Crippen LogP contribution < -0.4 is 11.1 Å². The minimum absolute atomic E-state index is 0.0742. The topological polar surface area (TPSA) is 118 Å². The Bertz CT molecular complexity index is 1500. The third-order valence-corrected chi connectivity index (χ3v) is 7.82. The highest BCUT2D eigenvalue weighted by Crippen LogP contribution is 2.31. The predicted octanol–water partition coefficient (Wildman–Crippen LogP) is 4.41. The quantitative estimate of drug-likeness (QED) is 0.173. The van der Waals surface area contributed by atoms with E-state index in [1.54, 1.807) is 4.90 Å². The van der Waals surface area contributed by atoms with Crippen molar-refractivity contribution in [3.63, 3.8) is 0 Å². The lowest BCUT2D eigenvalue weighted by Crippen LogP contribution is -2.49. The van der Waals surface area contributed by atoms with E-state index < -0.39 is 18.1 Å². The number of fused-ring (bicyclic) bond motifs is 3.